The third-order valence-electron chi connectivity index (χ3n) is 7.27. The highest BCUT2D eigenvalue weighted by Gasteiger charge is 2.28. The van der Waals surface area contributed by atoms with Crippen LogP contribution in [0.4, 0.5) is 4.39 Å². The Morgan fingerprint density at radius 1 is 0.929 bits per heavy atom. The molecule has 3 aromatic carbocycles. The lowest BCUT2D eigenvalue weighted by Crippen LogP contribution is -2.36. The summed E-state index contributed by atoms with van der Waals surface area (Å²) in [6.45, 7) is 7.17. The highest BCUT2D eigenvalue weighted by atomic mass is 19.1. The van der Waals surface area contributed by atoms with Crippen LogP contribution < -0.4 is 0 Å². The number of likely N-dealkylation sites (tertiary alicyclic amines) is 1. The highest BCUT2D eigenvalue weighted by Crippen LogP contribution is 2.29. The van der Waals surface area contributed by atoms with Gasteiger partial charge in [-0.1, -0.05) is 65.8 Å². The second-order valence-electron chi connectivity index (χ2n) is 11.5. The molecule has 0 saturated carbocycles. The van der Waals surface area contributed by atoms with E-state index in [2.05, 4.69) is 15.0 Å². The molecule has 0 N–H and O–H groups in total. The smallest absolute Gasteiger partial charge is 0.314 e. The van der Waals surface area contributed by atoms with Gasteiger partial charge in [0, 0.05) is 23.2 Å². The van der Waals surface area contributed by atoms with Gasteiger partial charge in [-0.25, -0.2) is 4.39 Å². The Kier molecular flexibility index (Phi) is 8.77. The molecule has 1 aliphatic rings. The molecule has 0 radical (unpaired) electrons. The summed E-state index contributed by atoms with van der Waals surface area (Å²) in [6.07, 6.45) is 1.37. The predicted octanol–water partition coefficient (Wildman–Crippen LogP) is 6.51. The van der Waals surface area contributed by atoms with Crippen LogP contribution in [0.3, 0.4) is 0 Å². The summed E-state index contributed by atoms with van der Waals surface area (Å²) in [7, 11) is 0. The number of halogens is 1. The fraction of sp³-hybridized carbons (Fsp3) is 0.333. The Morgan fingerprint density at radius 3 is 2.29 bits per heavy atom. The summed E-state index contributed by atoms with van der Waals surface area (Å²) in [5.74, 6) is -0.606. The van der Waals surface area contributed by atoms with Gasteiger partial charge < -0.3 is 14.0 Å². The molecule has 0 aliphatic carbocycles. The Labute approximate surface area is 244 Å². The van der Waals surface area contributed by atoms with E-state index in [0.717, 1.165) is 36.3 Å². The van der Waals surface area contributed by atoms with E-state index in [1.165, 1.54) is 6.07 Å². The molecule has 1 aliphatic heterocycles. The van der Waals surface area contributed by atoms with Crippen molar-refractivity contribution in [3.05, 3.63) is 84.2 Å². The highest BCUT2D eigenvalue weighted by molar-refractivity contribution is 5.76. The van der Waals surface area contributed by atoms with Crippen molar-refractivity contribution < 1.29 is 28.0 Å². The van der Waals surface area contributed by atoms with E-state index in [1.54, 1.807) is 32.9 Å². The van der Waals surface area contributed by atoms with E-state index < -0.39 is 11.4 Å². The number of nitrogens with zero attached hydrogens (tertiary/aromatic N) is 3. The molecule has 42 heavy (non-hydrogen) atoms. The number of ether oxygens (including phenoxy) is 2. The molecule has 2 heterocycles. The van der Waals surface area contributed by atoms with Gasteiger partial charge in [-0.2, -0.15) is 4.98 Å². The second kappa shape index (κ2) is 12.7. The molecule has 9 heteroatoms. The van der Waals surface area contributed by atoms with Crippen molar-refractivity contribution in [3.63, 3.8) is 0 Å². The molecule has 0 atom stereocenters. The van der Waals surface area contributed by atoms with Crippen molar-refractivity contribution >= 4 is 11.9 Å². The van der Waals surface area contributed by atoms with Crippen molar-refractivity contribution in [2.75, 3.05) is 19.9 Å². The van der Waals surface area contributed by atoms with Crippen LogP contribution in [0.25, 0.3) is 34.0 Å². The molecule has 0 unspecified atom stereocenters. The number of hydrogen-bond acceptors (Lipinski definition) is 8. The van der Waals surface area contributed by atoms with Gasteiger partial charge >= 0.3 is 11.9 Å². The van der Waals surface area contributed by atoms with Crippen molar-refractivity contribution in [1.82, 2.24) is 15.0 Å². The molecular weight excluding hydrogens is 537 g/mol. The predicted molar refractivity (Wildman–Crippen MR) is 155 cm³/mol. The molecule has 5 rings (SSSR count). The summed E-state index contributed by atoms with van der Waals surface area (Å²) < 4.78 is 30.5. The summed E-state index contributed by atoms with van der Waals surface area (Å²) in [6, 6.07) is 22.2. The monoisotopic (exact) mass is 571 g/mol. The number of esters is 2. The average Bonchev–Trinajstić information content (AvgIpc) is 3.48. The maximum Gasteiger partial charge on any atom is 0.314 e. The van der Waals surface area contributed by atoms with E-state index in [1.807, 2.05) is 54.6 Å². The SMILES string of the molecule is CC(C)(C)C(=O)OCOC(=O)C1CCN(Cc2ccc(-c3noc(-c4ccc(-c5ccccc5)c(F)c4)n3)cc2)CC1. The first-order valence-corrected chi connectivity index (χ1v) is 14.0. The van der Waals surface area contributed by atoms with Crippen LogP contribution in [0.15, 0.2) is 77.3 Å². The van der Waals surface area contributed by atoms with Crippen molar-refractivity contribution in [2.24, 2.45) is 11.3 Å². The molecule has 0 bridgehead atoms. The van der Waals surface area contributed by atoms with Gasteiger partial charge in [0.2, 0.25) is 12.6 Å². The minimum atomic E-state index is -0.638. The third kappa shape index (κ3) is 7.09. The molecular formula is C33H34FN3O5. The molecule has 1 aromatic heterocycles. The maximum absolute atomic E-state index is 14.8. The maximum atomic E-state index is 14.8. The van der Waals surface area contributed by atoms with Gasteiger partial charge in [0.25, 0.3) is 5.89 Å². The van der Waals surface area contributed by atoms with Crippen molar-refractivity contribution in [2.45, 2.75) is 40.2 Å². The normalized spacial score (nSPS) is 14.5. The molecule has 0 amide bonds. The number of carbonyl (C=O) groups excluding carboxylic acids is 2. The Balaban J connectivity index is 1.12. The number of carbonyl (C=O) groups is 2. The third-order valence-corrected chi connectivity index (χ3v) is 7.27. The molecule has 4 aromatic rings. The minimum absolute atomic E-state index is 0.201. The number of piperidine rings is 1. The molecule has 1 saturated heterocycles. The number of hydrogen-bond donors (Lipinski definition) is 0. The first kappa shape index (κ1) is 29.1. The van der Waals surface area contributed by atoms with Gasteiger partial charge in [-0.05, 0) is 70.0 Å². The Morgan fingerprint density at radius 2 is 1.62 bits per heavy atom. The van der Waals surface area contributed by atoms with Crippen LogP contribution >= 0.6 is 0 Å². The Bertz CT molecular complexity index is 1520. The largest absolute Gasteiger partial charge is 0.428 e. The van der Waals surface area contributed by atoms with Crippen LogP contribution in [0.2, 0.25) is 0 Å². The summed E-state index contributed by atoms with van der Waals surface area (Å²) >= 11 is 0. The van der Waals surface area contributed by atoms with Crippen LogP contribution in [-0.2, 0) is 25.6 Å². The quantitative estimate of drug-likeness (QED) is 0.174. The summed E-state index contributed by atoms with van der Waals surface area (Å²) in [4.78, 5) is 31.0. The lowest BCUT2D eigenvalue weighted by Gasteiger charge is -2.30. The first-order valence-electron chi connectivity index (χ1n) is 14.0. The minimum Gasteiger partial charge on any atom is -0.428 e. The number of rotatable bonds is 8. The van der Waals surface area contributed by atoms with E-state index >= 15 is 0 Å². The zero-order valence-electron chi connectivity index (χ0n) is 24.0. The van der Waals surface area contributed by atoms with Crippen LogP contribution in [-0.4, -0.2) is 46.9 Å². The van der Waals surface area contributed by atoms with Crippen molar-refractivity contribution in [1.29, 1.82) is 0 Å². The van der Waals surface area contributed by atoms with Gasteiger partial charge in [-0.15, -0.1) is 0 Å². The van der Waals surface area contributed by atoms with Gasteiger partial charge in [0.05, 0.1) is 11.3 Å². The molecule has 8 nitrogen and oxygen atoms in total. The molecule has 0 spiro atoms. The van der Waals surface area contributed by atoms with Crippen LogP contribution in [0.1, 0.15) is 39.2 Å². The lowest BCUT2D eigenvalue weighted by molar-refractivity contribution is -0.176. The number of aromatic nitrogens is 2. The standard InChI is InChI=1S/C33H34FN3O5/c1-33(2,3)32(39)41-21-40-31(38)25-15-17-37(18-16-25)20-22-9-11-24(12-10-22)29-35-30(42-36-29)26-13-14-27(28(34)19-26)23-7-5-4-6-8-23/h4-14,19,25H,15-18,20-21H2,1-3H3. The van der Waals surface area contributed by atoms with E-state index in [4.69, 9.17) is 14.0 Å². The van der Waals surface area contributed by atoms with E-state index in [0.29, 0.717) is 29.8 Å². The molecule has 1 fully saturated rings. The second-order valence-corrected chi connectivity index (χ2v) is 11.5. The topological polar surface area (TPSA) is 94.8 Å². The zero-order chi connectivity index (χ0) is 29.7. The molecule has 218 valence electrons. The van der Waals surface area contributed by atoms with Gasteiger partial charge in [0.1, 0.15) is 5.82 Å². The lowest BCUT2D eigenvalue weighted by atomic mass is 9.96. The summed E-state index contributed by atoms with van der Waals surface area (Å²) in [5.41, 5.74) is 3.11. The van der Waals surface area contributed by atoms with Crippen LogP contribution in [0, 0.1) is 17.2 Å². The zero-order valence-corrected chi connectivity index (χ0v) is 24.0. The first-order chi connectivity index (χ1) is 20.2. The Hall–Kier alpha value is -4.37. The van der Waals surface area contributed by atoms with Crippen LogP contribution in [0.5, 0.6) is 0 Å². The number of benzene rings is 3. The van der Waals surface area contributed by atoms with E-state index in [-0.39, 0.29) is 30.4 Å². The fourth-order valence-corrected chi connectivity index (χ4v) is 4.78. The fourth-order valence-electron chi connectivity index (χ4n) is 4.78. The summed E-state index contributed by atoms with van der Waals surface area (Å²) in [5, 5.41) is 4.10. The van der Waals surface area contributed by atoms with Crippen molar-refractivity contribution in [3.8, 4) is 34.0 Å². The van der Waals surface area contributed by atoms with Gasteiger partial charge in [0.15, 0.2) is 0 Å². The van der Waals surface area contributed by atoms with Gasteiger partial charge in [-0.3, -0.25) is 14.5 Å². The average molecular weight is 572 g/mol. The van der Waals surface area contributed by atoms with E-state index in [9.17, 15) is 14.0 Å².